The third kappa shape index (κ3) is 5.38. The molecule has 27 heavy (non-hydrogen) atoms. The number of hydrogen-bond donors (Lipinski definition) is 0. The molecule has 0 bridgehead atoms. The second-order valence-corrected chi connectivity index (χ2v) is 7.51. The predicted octanol–water partition coefficient (Wildman–Crippen LogP) is 3.16. The lowest BCUT2D eigenvalue weighted by atomic mass is 10.2. The van der Waals surface area contributed by atoms with Gasteiger partial charge in [-0.2, -0.15) is 0 Å². The van der Waals surface area contributed by atoms with Crippen molar-refractivity contribution in [1.82, 2.24) is 4.90 Å². The standard InChI is InChI=1S/C18H21IN2O5S/c1-5-24-13-8-11(9-14-17(23)21(4)18(20-3)27-14)7-12(19)16(13)26-10-15(22)25-6-2/h7-9H,5-6,10H2,1-4H3/b14-9+,20-18?. The zero-order chi connectivity index (χ0) is 20.0. The van der Waals surface area contributed by atoms with Crippen LogP contribution in [0, 0.1) is 3.57 Å². The summed E-state index contributed by atoms with van der Waals surface area (Å²) in [6, 6.07) is 3.65. The molecule has 146 valence electrons. The molecule has 0 spiro atoms. The Kier molecular flexibility index (Phi) is 7.96. The van der Waals surface area contributed by atoms with Crippen LogP contribution in [0.1, 0.15) is 19.4 Å². The number of hydrogen-bond acceptors (Lipinski definition) is 7. The molecule has 7 nitrogen and oxygen atoms in total. The molecule has 9 heteroatoms. The second kappa shape index (κ2) is 9.98. The average molecular weight is 504 g/mol. The molecular weight excluding hydrogens is 483 g/mol. The Morgan fingerprint density at radius 2 is 2.04 bits per heavy atom. The highest BCUT2D eigenvalue weighted by molar-refractivity contribution is 14.1. The van der Waals surface area contributed by atoms with Crippen molar-refractivity contribution in [3.05, 3.63) is 26.2 Å². The zero-order valence-corrected chi connectivity index (χ0v) is 18.5. The van der Waals surface area contributed by atoms with Gasteiger partial charge in [0.05, 0.1) is 21.7 Å². The Balaban J connectivity index is 2.31. The topological polar surface area (TPSA) is 77.4 Å². The molecule has 1 fully saturated rings. The van der Waals surface area contributed by atoms with E-state index in [0.29, 0.717) is 34.8 Å². The Morgan fingerprint density at radius 1 is 1.30 bits per heavy atom. The minimum absolute atomic E-state index is 0.101. The van der Waals surface area contributed by atoms with Crippen LogP contribution in [0.3, 0.4) is 0 Å². The third-order valence-corrected chi connectivity index (χ3v) is 5.42. The van der Waals surface area contributed by atoms with Crippen LogP contribution in [-0.4, -0.2) is 55.9 Å². The fourth-order valence-electron chi connectivity index (χ4n) is 2.31. The molecule has 0 aliphatic carbocycles. The number of nitrogens with zero attached hydrogens (tertiary/aromatic N) is 2. The number of carbonyl (C=O) groups is 2. The highest BCUT2D eigenvalue weighted by atomic mass is 127. The largest absolute Gasteiger partial charge is 0.490 e. The van der Waals surface area contributed by atoms with Gasteiger partial charge in [0, 0.05) is 14.1 Å². The fourth-order valence-corrected chi connectivity index (χ4v) is 4.02. The number of benzene rings is 1. The van der Waals surface area contributed by atoms with Gasteiger partial charge in [-0.05, 0) is 72.0 Å². The summed E-state index contributed by atoms with van der Waals surface area (Å²) in [4.78, 5) is 30.1. The molecule has 1 heterocycles. The lowest BCUT2D eigenvalue weighted by Gasteiger charge is -2.14. The number of esters is 1. The van der Waals surface area contributed by atoms with Crippen LogP contribution in [0.5, 0.6) is 11.5 Å². The van der Waals surface area contributed by atoms with Gasteiger partial charge in [0.1, 0.15) is 0 Å². The maximum atomic E-state index is 12.3. The first-order valence-electron chi connectivity index (χ1n) is 8.30. The van der Waals surface area contributed by atoms with Gasteiger partial charge in [-0.1, -0.05) is 0 Å². The first kappa shape index (κ1) is 21.5. The first-order chi connectivity index (χ1) is 12.9. The Labute approximate surface area is 176 Å². The number of halogens is 1. The predicted molar refractivity (Wildman–Crippen MR) is 114 cm³/mol. The molecule has 1 amide bonds. The number of carbonyl (C=O) groups excluding carboxylic acids is 2. The van der Waals surface area contributed by atoms with Crippen LogP contribution < -0.4 is 9.47 Å². The molecule has 1 aromatic rings. The first-order valence-corrected chi connectivity index (χ1v) is 10.2. The van der Waals surface area contributed by atoms with Crippen molar-refractivity contribution in [2.45, 2.75) is 13.8 Å². The number of rotatable bonds is 7. The molecule has 1 aliphatic heterocycles. The number of ether oxygens (including phenoxy) is 3. The lowest BCUT2D eigenvalue weighted by Crippen LogP contribution is -2.23. The van der Waals surface area contributed by atoms with Gasteiger partial charge >= 0.3 is 5.97 Å². The summed E-state index contributed by atoms with van der Waals surface area (Å²) in [6.45, 7) is 4.15. The number of thioether (sulfide) groups is 1. The fraction of sp³-hybridized carbons (Fsp3) is 0.389. The smallest absolute Gasteiger partial charge is 0.344 e. The van der Waals surface area contributed by atoms with E-state index in [0.717, 1.165) is 9.13 Å². The van der Waals surface area contributed by atoms with Crippen molar-refractivity contribution >= 4 is 57.5 Å². The maximum absolute atomic E-state index is 12.3. The Morgan fingerprint density at radius 3 is 2.63 bits per heavy atom. The quantitative estimate of drug-likeness (QED) is 0.323. The van der Waals surface area contributed by atoms with Crippen LogP contribution in [0.15, 0.2) is 22.0 Å². The van der Waals surface area contributed by atoms with Gasteiger partial charge in [0.25, 0.3) is 5.91 Å². The van der Waals surface area contributed by atoms with Gasteiger partial charge < -0.3 is 14.2 Å². The van der Waals surface area contributed by atoms with Crippen molar-refractivity contribution < 1.29 is 23.8 Å². The average Bonchev–Trinajstić information content (AvgIpc) is 2.89. The number of aliphatic imine (C=N–C) groups is 1. The van der Waals surface area contributed by atoms with E-state index < -0.39 is 5.97 Å². The van der Waals surface area contributed by atoms with Gasteiger partial charge in [0.2, 0.25) is 0 Å². The summed E-state index contributed by atoms with van der Waals surface area (Å²) in [5.74, 6) is 0.445. The summed E-state index contributed by atoms with van der Waals surface area (Å²) in [5, 5.41) is 0.653. The Bertz CT molecular complexity index is 794. The molecule has 1 saturated heterocycles. The monoisotopic (exact) mass is 504 g/mol. The van der Waals surface area contributed by atoms with E-state index in [2.05, 4.69) is 27.6 Å². The molecule has 0 N–H and O–H groups in total. The summed E-state index contributed by atoms with van der Waals surface area (Å²) in [6.07, 6.45) is 1.79. The van der Waals surface area contributed by atoms with E-state index in [-0.39, 0.29) is 12.5 Å². The molecule has 1 aliphatic rings. The Hall–Kier alpha value is -1.75. The minimum atomic E-state index is -0.440. The molecule has 0 atom stereocenters. The van der Waals surface area contributed by atoms with E-state index in [4.69, 9.17) is 14.2 Å². The van der Waals surface area contributed by atoms with Crippen LogP contribution in [0.25, 0.3) is 6.08 Å². The van der Waals surface area contributed by atoms with Crippen molar-refractivity contribution in [2.24, 2.45) is 4.99 Å². The highest BCUT2D eigenvalue weighted by Gasteiger charge is 2.29. The summed E-state index contributed by atoms with van der Waals surface area (Å²) >= 11 is 3.44. The van der Waals surface area contributed by atoms with Crippen molar-refractivity contribution in [3.8, 4) is 11.5 Å². The molecule has 1 aromatic carbocycles. The van der Waals surface area contributed by atoms with Gasteiger partial charge in [-0.25, -0.2) is 4.79 Å². The van der Waals surface area contributed by atoms with Gasteiger partial charge in [-0.15, -0.1) is 0 Å². The summed E-state index contributed by atoms with van der Waals surface area (Å²) in [7, 11) is 3.35. The number of amides is 1. The van der Waals surface area contributed by atoms with Crippen molar-refractivity contribution in [2.75, 3.05) is 33.9 Å². The molecule has 2 rings (SSSR count). The minimum Gasteiger partial charge on any atom is -0.490 e. The molecule has 0 aromatic heterocycles. The molecular formula is C18H21IN2O5S. The molecule has 0 radical (unpaired) electrons. The van der Waals surface area contributed by atoms with Crippen molar-refractivity contribution in [1.29, 1.82) is 0 Å². The third-order valence-electron chi connectivity index (χ3n) is 3.46. The maximum Gasteiger partial charge on any atom is 0.344 e. The van der Waals surface area contributed by atoms with E-state index in [1.165, 1.54) is 16.7 Å². The van der Waals surface area contributed by atoms with Crippen molar-refractivity contribution in [3.63, 3.8) is 0 Å². The van der Waals surface area contributed by atoms with Crippen LogP contribution in [-0.2, 0) is 14.3 Å². The summed E-state index contributed by atoms with van der Waals surface area (Å²) < 4.78 is 16.9. The van der Waals surface area contributed by atoms with E-state index in [1.807, 2.05) is 13.0 Å². The normalized spacial score (nSPS) is 16.9. The van der Waals surface area contributed by atoms with Crippen LogP contribution >= 0.6 is 34.4 Å². The number of likely N-dealkylation sites (N-methyl/N-ethyl adjacent to an activating group) is 1. The van der Waals surface area contributed by atoms with Crippen LogP contribution in [0.2, 0.25) is 0 Å². The highest BCUT2D eigenvalue weighted by Crippen LogP contribution is 2.37. The SMILES string of the molecule is CCOC(=O)COc1c(I)cc(/C=C2/SC(=NC)N(C)C2=O)cc1OCC. The van der Waals surface area contributed by atoms with E-state index >= 15 is 0 Å². The van der Waals surface area contributed by atoms with E-state index in [9.17, 15) is 9.59 Å². The lowest BCUT2D eigenvalue weighted by molar-refractivity contribution is -0.145. The van der Waals surface area contributed by atoms with Gasteiger partial charge in [-0.3, -0.25) is 14.7 Å². The number of amidine groups is 1. The van der Waals surface area contributed by atoms with Crippen LogP contribution in [0.4, 0.5) is 0 Å². The second-order valence-electron chi connectivity index (χ2n) is 5.34. The molecule has 0 saturated carbocycles. The molecule has 0 unspecified atom stereocenters. The van der Waals surface area contributed by atoms with Gasteiger partial charge in [0.15, 0.2) is 23.3 Å². The zero-order valence-electron chi connectivity index (χ0n) is 15.6. The summed E-state index contributed by atoms with van der Waals surface area (Å²) in [5.41, 5.74) is 0.799. The van der Waals surface area contributed by atoms with E-state index in [1.54, 1.807) is 33.2 Å².